The average Bonchev–Trinajstić information content (AvgIpc) is 2.54. The summed E-state index contributed by atoms with van der Waals surface area (Å²) in [6, 6.07) is 0. The fourth-order valence-corrected chi connectivity index (χ4v) is 3.45. The number of rotatable bonds is 6. The Hall–Kier alpha value is -0.410. The Labute approximate surface area is 123 Å². The van der Waals surface area contributed by atoms with Gasteiger partial charge in [-0.05, 0) is 46.5 Å². The van der Waals surface area contributed by atoms with Crippen LogP contribution in [0, 0.1) is 19.3 Å². The number of hydrogen-bond acceptors (Lipinski definition) is 3. The molecule has 19 heavy (non-hydrogen) atoms. The van der Waals surface area contributed by atoms with Crippen LogP contribution in [0.15, 0.2) is 0 Å². The molecule has 1 rings (SSSR count). The molecule has 0 aliphatic carbocycles. The van der Waals surface area contributed by atoms with Crippen molar-refractivity contribution in [3.05, 3.63) is 15.6 Å². The third kappa shape index (κ3) is 5.62. The summed E-state index contributed by atoms with van der Waals surface area (Å²) in [6.07, 6.45) is 3.56. The van der Waals surface area contributed by atoms with Gasteiger partial charge in [-0.25, -0.2) is 4.98 Å². The second kappa shape index (κ2) is 6.36. The second-order valence-corrected chi connectivity index (χ2v) is 8.38. The van der Waals surface area contributed by atoms with Crippen LogP contribution in [0.25, 0.3) is 0 Å². The molecule has 0 radical (unpaired) electrons. The standard InChI is InChI=1S/C16H30N2S/c1-8-9-16(7,11-17-15(4,5)6)10-14-18-12(2)13(3)19-14/h17H,8-11H2,1-7H3. The lowest BCUT2D eigenvalue weighted by Crippen LogP contribution is -2.43. The maximum atomic E-state index is 4.71. The molecule has 3 heteroatoms. The number of nitrogens with zero attached hydrogens (tertiary/aromatic N) is 1. The van der Waals surface area contributed by atoms with Crippen molar-refractivity contribution in [2.45, 2.75) is 73.3 Å². The quantitative estimate of drug-likeness (QED) is 0.831. The highest BCUT2D eigenvalue weighted by Gasteiger charge is 2.27. The van der Waals surface area contributed by atoms with Gasteiger partial charge >= 0.3 is 0 Å². The van der Waals surface area contributed by atoms with Gasteiger partial charge in [0.25, 0.3) is 0 Å². The maximum absolute atomic E-state index is 4.71. The molecule has 2 nitrogen and oxygen atoms in total. The van der Waals surface area contributed by atoms with Crippen LogP contribution in [0.1, 0.15) is 63.0 Å². The van der Waals surface area contributed by atoms with Gasteiger partial charge in [-0.2, -0.15) is 0 Å². The molecule has 0 saturated heterocycles. The van der Waals surface area contributed by atoms with E-state index in [9.17, 15) is 0 Å². The van der Waals surface area contributed by atoms with E-state index in [1.807, 2.05) is 11.3 Å². The molecule has 1 atom stereocenters. The number of thiazole rings is 1. The molecular weight excluding hydrogens is 252 g/mol. The van der Waals surface area contributed by atoms with Crippen LogP contribution in [0.2, 0.25) is 0 Å². The molecule has 110 valence electrons. The predicted octanol–water partition coefficient (Wildman–Crippen LogP) is 4.50. The lowest BCUT2D eigenvalue weighted by molar-refractivity contribution is 0.243. The molecule has 0 aliphatic rings. The fourth-order valence-electron chi connectivity index (χ4n) is 2.30. The van der Waals surface area contributed by atoms with Crippen molar-refractivity contribution in [1.82, 2.24) is 10.3 Å². The summed E-state index contributed by atoms with van der Waals surface area (Å²) in [6.45, 7) is 16.7. The van der Waals surface area contributed by atoms with E-state index in [0.29, 0.717) is 5.41 Å². The van der Waals surface area contributed by atoms with Gasteiger partial charge in [0, 0.05) is 23.4 Å². The van der Waals surface area contributed by atoms with Gasteiger partial charge in [-0.15, -0.1) is 11.3 Å². The Morgan fingerprint density at radius 3 is 2.21 bits per heavy atom. The van der Waals surface area contributed by atoms with Crippen molar-refractivity contribution in [3.63, 3.8) is 0 Å². The van der Waals surface area contributed by atoms with E-state index in [4.69, 9.17) is 4.98 Å². The number of aryl methyl sites for hydroxylation is 2. The van der Waals surface area contributed by atoms with Gasteiger partial charge < -0.3 is 5.32 Å². The van der Waals surface area contributed by atoms with Crippen LogP contribution < -0.4 is 5.32 Å². The minimum absolute atomic E-state index is 0.184. The summed E-state index contributed by atoms with van der Waals surface area (Å²) in [5, 5.41) is 4.96. The normalized spacial score (nSPS) is 15.5. The first kappa shape index (κ1) is 16.6. The first-order valence-electron chi connectivity index (χ1n) is 7.33. The van der Waals surface area contributed by atoms with Crippen LogP contribution in [0.4, 0.5) is 0 Å². The van der Waals surface area contributed by atoms with E-state index >= 15 is 0 Å². The van der Waals surface area contributed by atoms with Gasteiger partial charge in [0.15, 0.2) is 0 Å². The molecule has 0 amide bonds. The van der Waals surface area contributed by atoms with E-state index < -0.39 is 0 Å². The molecule has 1 heterocycles. The average molecular weight is 282 g/mol. The second-order valence-electron chi connectivity index (χ2n) is 7.09. The highest BCUT2D eigenvalue weighted by molar-refractivity contribution is 7.11. The Bertz CT molecular complexity index is 384. The van der Waals surface area contributed by atoms with Gasteiger partial charge in [-0.1, -0.05) is 20.3 Å². The molecule has 1 unspecified atom stereocenters. The zero-order valence-corrected chi connectivity index (χ0v) is 14.5. The van der Waals surface area contributed by atoms with E-state index in [2.05, 4.69) is 53.8 Å². The van der Waals surface area contributed by atoms with E-state index in [0.717, 1.165) is 13.0 Å². The van der Waals surface area contributed by atoms with Gasteiger partial charge in [0.2, 0.25) is 0 Å². The molecule has 0 aliphatic heterocycles. The monoisotopic (exact) mass is 282 g/mol. The first-order chi connectivity index (χ1) is 8.65. The molecule has 1 aromatic heterocycles. The van der Waals surface area contributed by atoms with Crippen LogP contribution in [-0.2, 0) is 6.42 Å². The summed E-state index contributed by atoms with van der Waals surface area (Å²) in [7, 11) is 0. The van der Waals surface area contributed by atoms with Crippen molar-refractivity contribution in [3.8, 4) is 0 Å². The highest BCUT2D eigenvalue weighted by atomic mass is 32.1. The molecule has 1 N–H and O–H groups in total. The zero-order valence-electron chi connectivity index (χ0n) is 13.7. The van der Waals surface area contributed by atoms with Crippen molar-refractivity contribution >= 4 is 11.3 Å². The first-order valence-corrected chi connectivity index (χ1v) is 8.15. The van der Waals surface area contributed by atoms with Crippen molar-refractivity contribution in [1.29, 1.82) is 0 Å². The summed E-state index contributed by atoms with van der Waals surface area (Å²) < 4.78 is 0. The zero-order chi connectivity index (χ0) is 14.7. The Balaban J connectivity index is 2.75. The maximum Gasteiger partial charge on any atom is 0.0936 e. The van der Waals surface area contributed by atoms with Crippen molar-refractivity contribution in [2.75, 3.05) is 6.54 Å². The molecule has 0 saturated carbocycles. The van der Waals surface area contributed by atoms with E-state index in [1.54, 1.807) is 0 Å². The summed E-state index contributed by atoms with van der Waals surface area (Å²) in [4.78, 5) is 6.07. The van der Waals surface area contributed by atoms with Gasteiger partial charge in [-0.3, -0.25) is 0 Å². The van der Waals surface area contributed by atoms with Crippen molar-refractivity contribution in [2.24, 2.45) is 5.41 Å². The lowest BCUT2D eigenvalue weighted by atomic mass is 9.81. The molecular formula is C16H30N2S. The minimum atomic E-state index is 0.184. The summed E-state index contributed by atoms with van der Waals surface area (Å²) in [5.74, 6) is 0. The Morgan fingerprint density at radius 2 is 1.79 bits per heavy atom. The van der Waals surface area contributed by atoms with Gasteiger partial charge in [0.1, 0.15) is 0 Å². The SMILES string of the molecule is CCCC(C)(CNC(C)(C)C)Cc1nc(C)c(C)s1. The highest BCUT2D eigenvalue weighted by Crippen LogP contribution is 2.30. The van der Waals surface area contributed by atoms with Crippen LogP contribution in [0.5, 0.6) is 0 Å². The van der Waals surface area contributed by atoms with Gasteiger partial charge in [0.05, 0.1) is 10.7 Å². The number of nitrogens with one attached hydrogen (secondary N) is 1. The van der Waals surface area contributed by atoms with Crippen LogP contribution in [0.3, 0.4) is 0 Å². The molecule has 0 spiro atoms. The number of aromatic nitrogens is 1. The topological polar surface area (TPSA) is 24.9 Å². The summed E-state index contributed by atoms with van der Waals surface area (Å²) in [5.41, 5.74) is 1.69. The largest absolute Gasteiger partial charge is 0.312 e. The third-order valence-electron chi connectivity index (χ3n) is 3.55. The minimum Gasteiger partial charge on any atom is -0.312 e. The Morgan fingerprint density at radius 1 is 1.16 bits per heavy atom. The molecule has 0 aromatic carbocycles. The summed E-state index contributed by atoms with van der Waals surface area (Å²) >= 11 is 1.86. The third-order valence-corrected chi connectivity index (χ3v) is 4.62. The lowest BCUT2D eigenvalue weighted by Gasteiger charge is -2.33. The number of hydrogen-bond donors (Lipinski definition) is 1. The fraction of sp³-hybridized carbons (Fsp3) is 0.812. The smallest absolute Gasteiger partial charge is 0.0936 e. The molecule has 0 bridgehead atoms. The molecule has 0 fully saturated rings. The van der Waals surface area contributed by atoms with Crippen molar-refractivity contribution < 1.29 is 0 Å². The van der Waals surface area contributed by atoms with Crippen LogP contribution >= 0.6 is 11.3 Å². The molecule has 1 aromatic rings. The predicted molar refractivity (Wildman–Crippen MR) is 86.1 cm³/mol. The van der Waals surface area contributed by atoms with E-state index in [1.165, 1.54) is 28.4 Å². The van der Waals surface area contributed by atoms with E-state index in [-0.39, 0.29) is 5.54 Å². The Kier molecular flexibility index (Phi) is 5.57. The van der Waals surface area contributed by atoms with Crippen LogP contribution in [-0.4, -0.2) is 17.1 Å².